The molecule has 0 aromatic heterocycles. The van der Waals surface area contributed by atoms with Crippen LogP contribution in [-0.4, -0.2) is 17.1 Å². The molecule has 1 atom stereocenters. The van der Waals surface area contributed by atoms with Crippen molar-refractivity contribution in [1.82, 2.24) is 0 Å². The van der Waals surface area contributed by atoms with E-state index in [1.165, 1.54) is 22.9 Å². The number of nitrogens with one attached hydrogen (secondary N) is 1. The van der Waals surface area contributed by atoms with Crippen molar-refractivity contribution in [3.63, 3.8) is 0 Å². The zero-order valence-corrected chi connectivity index (χ0v) is 14.2. The first-order valence-electron chi connectivity index (χ1n) is 7.31. The zero-order valence-electron chi connectivity index (χ0n) is 13.4. The van der Waals surface area contributed by atoms with Gasteiger partial charge >= 0.3 is 0 Å². The summed E-state index contributed by atoms with van der Waals surface area (Å²) in [6.07, 6.45) is 0. The molecule has 0 aliphatic rings. The van der Waals surface area contributed by atoms with E-state index >= 15 is 0 Å². The summed E-state index contributed by atoms with van der Waals surface area (Å²) in [6.45, 7) is 5.97. The maximum Gasteiger partial charge on any atom is 0.248 e. The molecule has 2 rings (SSSR count). The van der Waals surface area contributed by atoms with Crippen LogP contribution < -0.4 is 11.1 Å². The number of hydrogen-bond acceptors (Lipinski definition) is 3. The van der Waals surface area contributed by atoms with E-state index in [1.807, 2.05) is 32.9 Å². The van der Waals surface area contributed by atoms with Gasteiger partial charge in [0.2, 0.25) is 11.8 Å². The Morgan fingerprint density at radius 2 is 1.74 bits per heavy atom. The molecule has 4 nitrogen and oxygen atoms in total. The lowest BCUT2D eigenvalue weighted by molar-refractivity contribution is -0.115. The van der Waals surface area contributed by atoms with E-state index in [0.717, 1.165) is 4.90 Å². The Hall–Kier alpha value is -2.27. The zero-order chi connectivity index (χ0) is 17.0. The predicted molar refractivity (Wildman–Crippen MR) is 94.8 cm³/mol. The number of hydrogen-bond donors (Lipinski definition) is 2. The third-order valence-corrected chi connectivity index (χ3v) is 4.72. The van der Waals surface area contributed by atoms with Crippen molar-refractivity contribution < 1.29 is 9.59 Å². The van der Waals surface area contributed by atoms with Gasteiger partial charge in [0.05, 0.1) is 5.25 Å². The molecule has 0 fully saturated rings. The van der Waals surface area contributed by atoms with Gasteiger partial charge in [0, 0.05) is 16.1 Å². The summed E-state index contributed by atoms with van der Waals surface area (Å²) in [7, 11) is 0. The lowest BCUT2D eigenvalue weighted by atomic mass is 10.2. The number of anilines is 1. The highest BCUT2D eigenvalue weighted by atomic mass is 32.2. The van der Waals surface area contributed by atoms with Crippen LogP contribution in [0, 0.1) is 13.8 Å². The molecule has 1 unspecified atom stereocenters. The smallest absolute Gasteiger partial charge is 0.248 e. The summed E-state index contributed by atoms with van der Waals surface area (Å²) >= 11 is 1.53. The minimum absolute atomic E-state index is 0.0817. The normalized spacial score (nSPS) is 11.8. The monoisotopic (exact) mass is 328 g/mol. The standard InChI is InChI=1S/C18H20N2O2S/c1-11-4-9-16(12(2)10-11)23-13(3)18(22)20-15-7-5-14(6-8-15)17(19)21/h4-10,13H,1-3H3,(H2,19,21)(H,20,22). The maximum atomic E-state index is 12.3. The topological polar surface area (TPSA) is 72.2 Å². The first-order valence-corrected chi connectivity index (χ1v) is 8.19. The summed E-state index contributed by atoms with van der Waals surface area (Å²) in [6, 6.07) is 12.7. The van der Waals surface area contributed by atoms with Gasteiger partial charge in [0.1, 0.15) is 0 Å². The Morgan fingerprint density at radius 1 is 1.09 bits per heavy atom. The number of primary amides is 1. The number of rotatable bonds is 5. The average molecular weight is 328 g/mol. The highest BCUT2D eigenvalue weighted by Gasteiger charge is 2.15. The van der Waals surface area contributed by atoms with Crippen molar-refractivity contribution >= 4 is 29.3 Å². The number of nitrogens with two attached hydrogens (primary N) is 1. The molecule has 0 heterocycles. The predicted octanol–water partition coefficient (Wildman–Crippen LogP) is 3.52. The van der Waals surface area contributed by atoms with Crippen LogP contribution in [0.2, 0.25) is 0 Å². The van der Waals surface area contributed by atoms with Crippen molar-refractivity contribution in [2.45, 2.75) is 30.9 Å². The SMILES string of the molecule is Cc1ccc(SC(C)C(=O)Nc2ccc(C(N)=O)cc2)c(C)c1. The molecule has 2 aromatic rings. The Balaban J connectivity index is 2.00. The fraction of sp³-hybridized carbons (Fsp3) is 0.222. The summed E-state index contributed by atoms with van der Waals surface area (Å²) in [5, 5.41) is 2.62. The molecule has 2 aromatic carbocycles. The lowest BCUT2D eigenvalue weighted by Crippen LogP contribution is -2.22. The van der Waals surface area contributed by atoms with Crippen molar-refractivity contribution in [2.75, 3.05) is 5.32 Å². The minimum Gasteiger partial charge on any atom is -0.366 e. The first kappa shape index (κ1) is 17.1. The van der Waals surface area contributed by atoms with Gasteiger partial charge in [-0.25, -0.2) is 0 Å². The van der Waals surface area contributed by atoms with Gasteiger partial charge in [-0.15, -0.1) is 11.8 Å². The van der Waals surface area contributed by atoms with Crippen molar-refractivity contribution in [3.8, 4) is 0 Å². The van der Waals surface area contributed by atoms with Crippen LogP contribution >= 0.6 is 11.8 Å². The number of carbonyl (C=O) groups excluding carboxylic acids is 2. The molecule has 120 valence electrons. The highest BCUT2D eigenvalue weighted by Crippen LogP contribution is 2.28. The van der Waals surface area contributed by atoms with Crippen LogP contribution in [0.5, 0.6) is 0 Å². The number of amides is 2. The number of aryl methyl sites for hydroxylation is 2. The third kappa shape index (κ3) is 4.60. The average Bonchev–Trinajstić information content (AvgIpc) is 2.50. The Labute approximate surface area is 140 Å². The van der Waals surface area contributed by atoms with Gasteiger partial charge in [-0.3, -0.25) is 9.59 Å². The molecular formula is C18H20N2O2S. The molecule has 0 saturated carbocycles. The third-order valence-electron chi connectivity index (χ3n) is 3.44. The van der Waals surface area contributed by atoms with Crippen LogP contribution in [0.1, 0.15) is 28.4 Å². The van der Waals surface area contributed by atoms with Crippen molar-refractivity contribution in [3.05, 3.63) is 59.2 Å². The first-order chi connectivity index (χ1) is 10.9. The van der Waals surface area contributed by atoms with E-state index in [2.05, 4.69) is 11.4 Å². The molecule has 0 bridgehead atoms. The molecule has 0 aliphatic heterocycles. The molecule has 0 saturated heterocycles. The fourth-order valence-corrected chi connectivity index (χ4v) is 3.08. The summed E-state index contributed by atoms with van der Waals surface area (Å²) in [4.78, 5) is 24.4. The van der Waals surface area contributed by atoms with Gasteiger partial charge in [-0.05, 0) is 56.7 Å². The second-order valence-corrected chi connectivity index (χ2v) is 6.84. The number of thioether (sulfide) groups is 1. The molecule has 0 spiro atoms. The Kier molecular flexibility index (Phi) is 5.45. The van der Waals surface area contributed by atoms with Crippen LogP contribution in [0.25, 0.3) is 0 Å². The Morgan fingerprint density at radius 3 is 2.30 bits per heavy atom. The second kappa shape index (κ2) is 7.33. The van der Waals surface area contributed by atoms with E-state index in [4.69, 9.17) is 5.73 Å². The van der Waals surface area contributed by atoms with E-state index < -0.39 is 5.91 Å². The van der Waals surface area contributed by atoms with Crippen molar-refractivity contribution in [1.29, 1.82) is 0 Å². The molecule has 0 aliphatic carbocycles. The largest absolute Gasteiger partial charge is 0.366 e. The molecular weight excluding hydrogens is 308 g/mol. The minimum atomic E-state index is -0.485. The van der Waals surface area contributed by atoms with Crippen molar-refractivity contribution in [2.24, 2.45) is 5.73 Å². The molecule has 5 heteroatoms. The van der Waals surface area contributed by atoms with Crippen LogP contribution in [0.15, 0.2) is 47.4 Å². The molecule has 23 heavy (non-hydrogen) atoms. The van der Waals surface area contributed by atoms with Gasteiger partial charge < -0.3 is 11.1 Å². The van der Waals surface area contributed by atoms with E-state index in [1.54, 1.807) is 24.3 Å². The van der Waals surface area contributed by atoms with Gasteiger partial charge in [-0.1, -0.05) is 17.7 Å². The Bertz CT molecular complexity index is 726. The summed E-state index contributed by atoms with van der Waals surface area (Å²) in [5.41, 5.74) is 8.63. The van der Waals surface area contributed by atoms with Gasteiger partial charge in [0.15, 0.2) is 0 Å². The van der Waals surface area contributed by atoms with Gasteiger partial charge in [-0.2, -0.15) is 0 Å². The van der Waals surface area contributed by atoms with E-state index in [9.17, 15) is 9.59 Å². The summed E-state index contributed by atoms with van der Waals surface area (Å²) < 4.78 is 0. The van der Waals surface area contributed by atoms with E-state index in [0.29, 0.717) is 11.3 Å². The molecule has 3 N–H and O–H groups in total. The molecule has 0 radical (unpaired) electrons. The lowest BCUT2D eigenvalue weighted by Gasteiger charge is -2.14. The van der Waals surface area contributed by atoms with Crippen LogP contribution in [-0.2, 0) is 4.79 Å². The quantitative estimate of drug-likeness (QED) is 0.825. The fourth-order valence-electron chi connectivity index (χ4n) is 2.14. The maximum absolute atomic E-state index is 12.3. The number of benzene rings is 2. The summed E-state index contributed by atoms with van der Waals surface area (Å²) in [5.74, 6) is -0.566. The van der Waals surface area contributed by atoms with E-state index in [-0.39, 0.29) is 11.2 Å². The highest BCUT2D eigenvalue weighted by molar-refractivity contribution is 8.00. The van der Waals surface area contributed by atoms with Crippen LogP contribution in [0.4, 0.5) is 5.69 Å². The van der Waals surface area contributed by atoms with Gasteiger partial charge in [0.25, 0.3) is 0 Å². The number of carbonyl (C=O) groups is 2. The second-order valence-electron chi connectivity index (χ2n) is 5.46. The molecule has 2 amide bonds. The van der Waals surface area contributed by atoms with Crippen LogP contribution in [0.3, 0.4) is 0 Å².